The Kier molecular flexibility index (Phi) is 20.5. The highest BCUT2D eigenvalue weighted by atomic mass is 35.5. The first-order valence-electron chi connectivity index (χ1n) is 27.8. The fourth-order valence-electron chi connectivity index (χ4n) is 14.5. The molecule has 83 heavy (non-hydrogen) atoms. The van der Waals surface area contributed by atoms with Crippen LogP contribution in [-0.2, 0) is 119 Å². The number of ether oxygens (including phenoxy) is 15. The molecule has 0 amide bonds. The molecule has 2 bridgehead atoms. The number of hydrogen-bond acceptors (Lipinski definition) is 26. The lowest BCUT2D eigenvalue weighted by molar-refractivity contribution is -0.400. The molecule has 0 radical (unpaired) electrons. The van der Waals surface area contributed by atoms with E-state index in [1.807, 2.05) is 6.92 Å². The minimum Gasteiger partial charge on any atom is -0.463 e. The van der Waals surface area contributed by atoms with Crippen molar-refractivity contribution in [3.63, 3.8) is 0 Å². The fraction of sp³-hybridized carbons (Fsp3) is 0.786. The van der Waals surface area contributed by atoms with Gasteiger partial charge in [-0.2, -0.15) is 0 Å². The third kappa shape index (κ3) is 14.2. The van der Waals surface area contributed by atoms with Crippen LogP contribution in [0, 0.1) is 28.1 Å². The lowest BCUT2D eigenvalue weighted by atomic mass is 9.41. The first-order valence-corrected chi connectivity index (χ1v) is 28.2. The standard InChI is InChI=1S/C56H77ClO26/c1-25-20-55-18-14-38-53(11,16-13-17-54(38,12)52(57)68)39(55)15-19-56(25,24-55)83-51-48(82-50-47(77-34(10)66)45(76-33(9)65)42(73-30(6)62)36(79-50)22-70-27(3)59)46(43(74-31(7)63)37(80-51)23-71-28(4)60)81-49-40(67)44(75-32(8)64)41(72-29(5)61)35(78-49)21-69-26(2)58/h35-51,67H,1,13-24H2,2-12H3/t35-,36-,37-,38+,39+,40-,41-,42-,43-,44-,45+,46+,47-,48-,49+,50+,51+,53-,54-,55-,56+/m1/s1. The SMILES string of the molecule is C=C1C[C@@]23CC[C@H]4[C@@](C)(CCC[C@@]4(C)C(=O)Cl)[C@@H]2CC[C@]1(O[C@@H]1O[C@H](COC(C)=O)[C@@H](OC(C)=O)[C@H](O[C@@H]2O[C@H](COC(C)=O)[C@@H](OC(C)=O)[C@H](OC(C)=O)[C@H]2O)[C@H]1O[C@@H]1O[C@H](COC(C)=O)[C@@H](OC(C)=O)[C@H](OC(C)=O)[C@H]1OC(C)=O)C3. The van der Waals surface area contributed by atoms with Crippen LogP contribution in [-0.4, -0.2) is 182 Å². The zero-order valence-electron chi connectivity index (χ0n) is 48.5. The molecule has 21 atom stereocenters. The smallest absolute Gasteiger partial charge is 0.303 e. The first kappa shape index (κ1) is 65.2. The summed E-state index contributed by atoms with van der Waals surface area (Å²) in [5.41, 5.74) is -2.07. The molecule has 7 rings (SSSR count). The van der Waals surface area contributed by atoms with Crippen LogP contribution in [0.25, 0.3) is 0 Å². The Hall–Kier alpha value is -5.35. The van der Waals surface area contributed by atoms with Crippen molar-refractivity contribution in [1.82, 2.24) is 0 Å². The molecule has 0 aromatic rings. The highest BCUT2D eigenvalue weighted by Crippen LogP contribution is 2.74. The van der Waals surface area contributed by atoms with Crippen molar-refractivity contribution in [1.29, 1.82) is 0 Å². The van der Waals surface area contributed by atoms with E-state index in [0.717, 1.165) is 75.2 Å². The molecule has 4 saturated carbocycles. The molecule has 3 aliphatic heterocycles. The van der Waals surface area contributed by atoms with Crippen molar-refractivity contribution in [2.24, 2.45) is 28.1 Å². The third-order valence-electron chi connectivity index (χ3n) is 17.5. The Morgan fingerprint density at radius 3 is 1.42 bits per heavy atom. The predicted octanol–water partition coefficient (Wildman–Crippen LogP) is 3.45. The molecule has 7 fully saturated rings. The van der Waals surface area contributed by atoms with Gasteiger partial charge in [0.25, 0.3) is 0 Å². The maximum atomic E-state index is 13.4. The van der Waals surface area contributed by atoms with Gasteiger partial charge in [0.05, 0.1) is 5.60 Å². The van der Waals surface area contributed by atoms with E-state index in [4.69, 9.17) is 82.7 Å². The monoisotopic (exact) mass is 1200 g/mol. The molecule has 0 aromatic carbocycles. The number of carbonyl (C=O) groups is 10. The summed E-state index contributed by atoms with van der Waals surface area (Å²) < 4.78 is 90.9. The number of esters is 9. The van der Waals surface area contributed by atoms with Crippen LogP contribution in [0.15, 0.2) is 12.2 Å². The quantitative estimate of drug-likeness (QED) is 0.0636. The second-order valence-electron chi connectivity index (χ2n) is 23.3. The van der Waals surface area contributed by atoms with Gasteiger partial charge < -0.3 is 76.2 Å². The van der Waals surface area contributed by atoms with Gasteiger partial charge in [-0.25, -0.2) is 0 Å². The summed E-state index contributed by atoms with van der Waals surface area (Å²) in [5.74, 6) is -8.14. The minimum absolute atomic E-state index is 0.0124. The van der Waals surface area contributed by atoms with Gasteiger partial charge in [0.15, 0.2) is 55.5 Å². The molecule has 3 heterocycles. The molecule has 1 spiro atoms. The van der Waals surface area contributed by atoms with Crippen LogP contribution in [0.2, 0.25) is 0 Å². The van der Waals surface area contributed by atoms with Crippen molar-refractivity contribution >= 4 is 70.6 Å². The van der Waals surface area contributed by atoms with E-state index in [0.29, 0.717) is 50.5 Å². The van der Waals surface area contributed by atoms with Gasteiger partial charge in [0.2, 0.25) is 5.24 Å². The largest absolute Gasteiger partial charge is 0.463 e. The number of aliphatic hydroxyl groups excluding tert-OH is 1. The van der Waals surface area contributed by atoms with Gasteiger partial charge >= 0.3 is 53.7 Å². The van der Waals surface area contributed by atoms with Crippen LogP contribution < -0.4 is 0 Å². The van der Waals surface area contributed by atoms with Gasteiger partial charge in [-0.05, 0) is 91.2 Å². The van der Waals surface area contributed by atoms with Gasteiger partial charge in [-0.1, -0.05) is 26.8 Å². The predicted molar refractivity (Wildman–Crippen MR) is 276 cm³/mol. The lowest BCUT2D eigenvalue weighted by Gasteiger charge is -2.64. The zero-order valence-corrected chi connectivity index (χ0v) is 49.3. The van der Waals surface area contributed by atoms with E-state index in [2.05, 4.69) is 13.5 Å². The molecule has 26 nitrogen and oxygen atoms in total. The average molecular weight is 1200 g/mol. The van der Waals surface area contributed by atoms with Crippen molar-refractivity contribution in [2.45, 2.75) is 232 Å². The Morgan fingerprint density at radius 1 is 0.506 bits per heavy atom. The summed E-state index contributed by atoms with van der Waals surface area (Å²) in [7, 11) is 0. The van der Waals surface area contributed by atoms with Gasteiger partial charge in [-0.3, -0.25) is 47.9 Å². The molecule has 1 N–H and O–H groups in total. The van der Waals surface area contributed by atoms with E-state index in [1.54, 1.807) is 0 Å². The summed E-state index contributed by atoms with van der Waals surface area (Å²) in [5, 5.41) is 11.9. The Balaban J connectivity index is 1.41. The molecular formula is C56H77ClO26. The molecular weight excluding hydrogens is 1120 g/mol. The van der Waals surface area contributed by atoms with Crippen molar-refractivity contribution in [3.05, 3.63) is 12.2 Å². The molecule has 27 heteroatoms. The summed E-state index contributed by atoms with van der Waals surface area (Å²) in [6.45, 7) is 16.2. The van der Waals surface area contributed by atoms with E-state index >= 15 is 0 Å². The summed E-state index contributed by atoms with van der Waals surface area (Å²) in [4.78, 5) is 128. The number of halogens is 1. The summed E-state index contributed by atoms with van der Waals surface area (Å²) in [6.07, 6.45) is -21.7. The highest BCUT2D eigenvalue weighted by molar-refractivity contribution is 6.64. The van der Waals surface area contributed by atoms with Gasteiger partial charge in [0, 0.05) is 67.7 Å². The van der Waals surface area contributed by atoms with Gasteiger partial charge in [-0.15, -0.1) is 0 Å². The molecule has 3 saturated heterocycles. The number of aliphatic hydroxyl groups is 1. The third-order valence-corrected chi connectivity index (χ3v) is 17.9. The number of fused-ring (bicyclic) bond motifs is 3. The molecule has 4 aliphatic carbocycles. The van der Waals surface area contributed by atoms with E-state index < -0.39 is 182 Å². The van der Waals surface area contributed by atoms with Crippen LogP contribution >= 0.6 is 11.6 Å². The summed E-state index contributed by atoms with van der Waals surface area (Å²) in [6, 6.07) is 0. The highest BCUT2D eigenvalue weighted by Gasteiger charge is 2.69. The Morgan fingerprint density at radius 2 is 0.928 bits per heavy atom. The maximum absolute atomic E-state index is 13.4. The van der Waals surface area contributed by atoms with Crippen LogP contribution in [0.4, 0.5) is 0 Å². The average Bonchev–Trinajstić information content (AvgIpc) is 1.81. The van der Waals surface area contributed by atoms with Crippen molar-refractivity contribution in [3.8, 4) is 0 Å². The Labute approximate surface area is 484 Å². The fourth-order valence-corrected chi connectivity index (χ4v) is 14.7. The second kappa shape index (κ2) is 26.1. The molecule has 7 aliphatic rings. The topological polar surface area (TPSA) is 329 Å². The van der Waals surface area contributed by atoms with E-state index in [-0.39, 0.29) is 22.5 Å². The van der Waals surface area contributed by atoms with Crippen LogP contribution in [0.3, 0.4) is 0 Å². The van der Waals surface area contributed by atoms with Crippen molar-refractivity contribution < 1.29 is 124 Å². The molecule has 0 aromatic heterocycles. The normalized spacial score (nSPS) is 39.9. The Bertz CT molecular complexity index is 2520. The molecule has 0 unspecified atom stereocenters. The van der Waals surface area contributed by atoms with Crippen LogP contribution in [0.5, 0.6) is 0 Å². The zero-order chi connectivity index (χ0) is 61.3. The van der Waals surface area contributed by atoms with Gasteiger partial charge in [0.1, 0.15) is 56.4 Å². The minimum atomic E-state index is -2.12. The number of carbonyl (C=O) groups excluding carboxylic acids is 10. The summed E-state index contributed by atoms with van der Waals surface area (Å²) >= 11 is 6.41. The first-order chi connectivity index (χ1) is 38.8. The number of rotatable bonds is 19. The van der Waals surface area contributed by atoms with E-state index in [9.17, 15) is 53.1 Å². The lowest BCUT2D eigenvalue weighted by Crippen LogP contribution is -2.69. The number of hydrogen-bond donors (Lipinski definition) is 1. The maximum Gasteiger partial charge on any atom is 0.303 e. The van der Waals surface area contributed by atoms with E-state index in [1.165, 1.54) is 0 Å². The van der Waals surface area contributed by atoms with Crippen LogP contribution in [0.1, 0.15) is 134 Å². The second-order valence-corrected chi connectivity index (χ2v) is 23.7. The molecule has 464 valence electrons. The van der Waals surface area contributed by atoms with Crippen molar-refractivity contribution in [2.75, 3.05) is 19.8 Å².